The molecule has 0 aliphatic carbocycles. The van der Waals surface area contributed by atoms with Gasteiger partial charge in [-0.05, 0) is 49.8 Å². The second-order valence-corrected chi connectivity index (χ2v) is 5.84. The summed E-state index contributed by atoms with van der Waals surface area (Å²) in [5.74, 6) is 1.29. The molecule has 0 radical (unpaired) electrons. The van der Waals surface area contributed by atoms with Gasteiger partial charge in [-0.3, -0.25) is 0 Å². The highest BCUT2D eigenvalue weighted by atomic mass is 14.7. The number of nitrogens with two attached hydrogens (primary N) is 1. The van der Waals surface area contributed by atoms with E-state index in [0.717, 1.165) is 13.0 Å². The van der Waals surface area contributed by atoms with E-state index in [9.17, 15) is 0 Å². The minimum absolute atomic E-state index is 0.627. The quantitative estimate of drug-likeness (QED) is 0.743. The first-order valence-electron chi connectivity index (χ1n) is 7.42. The molecule has 0 fully saturated rings. The predicted molar refractivity (Wildman–Crippen MR) is 83.5 cm³/mol. The summed E-state index contributed by atoms with van der Waals surface area (Å²) in [6.07, 6.45) is 3.58. The van der Waals surface area contributed by atoms with E-state index in [4.69, 9.17) is 5.73 Å². The Morgan fingerprint density at radius 2 is 1.89 bits per heavy atom. The number of aryl methyl sites for hydroxylation is 1. The van der Waals surface area contributed by atoms with Crippen LogP contribution >= 0.6 is 0 Å². The van der Waals surface area contributed by atoms with E-state index in [1.807, 2.05) is 0 Å². The molecule has 2 heteroatoms. The molecule has 2 aromatic rings. The number of aromatic nitrogens is 1. The molecule has 1 unspecified atom stereocenters. The highest BCUT2D eigenvalue weighted by Crippen LogP contribution is 2.36. The summed E-state index contributed by atoms with van der Waals surface area (Å²) in [6.45, 7) is 7.66. The van der Waals surface area contributed by atoms with Crippen molar-refractivity contribution in [2.45, 2.75) is 46.0 Å². The molecule has 0 saturated heterocycles. The average molecular weight is 258 g/mol. The minimum Gasteiger partial charge on any atom is -0.358 e. The lowest BCUT2D eigenvalue weighted by Crippen LogP contribution is -2.09. The van der Waals surface area contributed by atoms with Gasteiger partial charge in [-0.15, -0.1) is 0 Å². The van der Waals surface area contributed by atoms with Gasteiger partial charge >= 0.3 is 0 Å². The van der Waals surface area contributed by atoms with Crippen LogP contribution in [0.4, 0.5) is 0 Å². The van der Waals surface area contributed by atoms with Gasteiger partial charge < -0.3 is 10.7 Å². The van der Waals surface area contributed by atoms with Crippen LogP contribution < -0.4 is 5.73 Å². The van der Waals surface area contributed by atoms with Crippen LogP contribution in [0.3, 0.4) is 0 Å². The summed E-state index contributed by atoms with van der Waals surface area (Å²) in [5.41, 5.74) is 9.73. The van der Waals surface area contributed by atoms with Gasteiger partial charge in [-0.2, -0.15) is 0 Å². The number of para-hydroxylation sites is 1. The van der Waals surface area contributed by atoms with Crippen molar-refractivity contribution in [3.05, 3.63) is 35.5 Å². The molecular weight excluding hydrogens is 232 g/mol. The van der Waals surface area contributed by atoms with Gasteiger partial charge in [0.05, 0.1) is 0 Å². The van der Waals surface area contributed by atoms with Crippen molar-refractivity contribution in [1.82, 2.24) is 4.98 Å². The normalized spacial score (nSPS) is 13.3. The first kappa shape index (κ1) is 14.1. The molecule has 0 bridgehead atoms. The van der Waals surface area contributed by atoms with Crippen LogP contribution in [0.25, 0.3) is 10.9 Å². The Balaban J connectivity index is 2.35. The SMILES string of the molecule is Cc1[nH]c2ccccc2c1C(CCCCN)C(C)C. The Kier molecular flexibility index (Phi) is 4.65. The van der Waals surface area contributed by atoms with Gasteiger partial charge in [0.2, 0.25) is 0 Å². The lowest BCUT2D eigenvalue weighted by molar-refractivity contribution is 0.451. The number of hydrogen-bond donors (Lipinski definition) is 2. The third kappa shape index (κ3) is 3.01. The monoisotopic (exact) mass is 258 g/mol. The Morgan fingerprint density at radius 1 is 1.16 bits per heavy atom. The van der Waals surface area contributed by atoms with Gasteiger partial charge in [0.25, 0.3) is 0 Å². The van der Waals surface area contributed by atoms with Gasteiger partial charge in [0.1, 0.15) is 0 Å². The number of aromatic amines is 1. The molecule has 104 valence electrons. The highest BCUT2D eigenvalue weighted by Gasteiger charge is 2.21. The maximum Gasteiger partial charge on any atom is 0.0458 e. The number of benzene rings is 1. The molecule has 0 spiro atoms. The van der Waals surface area contributed by atoms with E-state index in [1.54, 1.807) is 0 Å². The van der Waals surface area contributed by atoms with E-state index >= 15 is 0 Å². The van der Waals surface area contributed by atoms with E-state index in [2.05, 4.69) is 50.0 Å². The smallest absolute Gasteiger partial charge is 0.0458 e. The summed E-state index contributed by atoms with van der Waals surface area (Å²) in [7, 11) is 0. The Morgan fingerprint density at radius 3 is 2.58 bits per heavy atom. The first-order chi connectivity index (χ1) is 9.15. The summed E-state index contributed by atoms with van der Waals surface area (Å²) >= 11 is 0. The number of unbranched alkanes of at least 4 members (excludes halogenated alkanes) is 1. The number of nitrogens with one attached hydrogen (secondary N) is 1. The number of rotatable bonds is 6. The number of H-pyrrole nitrogens is 1. The van der Waals surface area contributed by atoms with Gasteiger partial charge in [0, 0.05) is 16.6 Å². The summed E-state index contributed by atoms with van der Waals surface area (Å²) in [5, 5.41) is 1.39. The fourth-order valence-electron chi connectivity index (χ4n) is 3.10. The summed E-state index contributed by atoms with van der Waals surface area (Å²) in [6, 6.07) is 8.65. The van der Waals surface area contributed by atoms with E-state index in [0.29, 0.717) is 11.8 Å². The van der Waals surface area contributed by atoms with Crippen LogP contribution in [0, 0.1) is 12.8 Å². The van der Waals surface area contributed by atoms with Crippen LogP contribution in [0.2, 0.25) is 0 Å². The van der Waals surface area contributed by atoms with Gasteiger partial charge in [0.15, 0.2) is 0 Å². The van der Waals surface area contributed by atoms with E-state index in [1.165, 1.54) is 35.0 Å². The zero-order valence-electron chi connectivity index (χ0n) is 12.4. The largest absolute Gasteiger partial charge is 0.358 e. The van der Waals surface area contributed by atoms with E-state index in [-0.39, 0.29) is 0 Å². The van der Waals surface area contributed by atoms with Crippen molar-refractivity contribution < 1.29 is 0 Å². The fraction of sp³-hybridized carbons (Fsp3) is 0.529. The molecule has 1 atom stereocenters. The second kappa shape index (κ2) is 6.25. The molecule has 0 aliphatic rings. The maximum absolute atomic E-state index is 5.62. The van der Waals surface area contributed by atoms with Crippen molar-refractivity contribution >= 4 is 10.9 Å². The molecule has 1 aromatic carbocycles. The highest BCUT2D eigenvalue weighted by molar-refractivity contribution is 5.85. The van der Waals surface area contributed by atoms with Crippen molar-refractivity contribution in [2.75, 3.05) is 6.54 Å². The predicted octanol–water partition coefficient (Wildman–Crippen LogP) is 4.34. The van der Waals surface area contributed by atoms with E-state index < -0.39 is 0 Å². The zero-order chi connectivity index (χ0) is 13.8. The molecule has 2 nitrogen and oxygen atoms in total. The maximum atomic E-state index is 5.62. The topological polar surface area (TPSA) is 41.8 Å². The molecule has 1 heterocycles. The lowest BCUT2D eigenvalue weighted by Gasteiger charge is -2.22. The Labute approximate surface area is 116 Å². The third-order valence-corrected chi connectivity index (χ3v) is 4.09. The molecule has 1 aromatic heterocycles. The molecular formula is C17H26N2. The molecule has 19 heavy (non-hydrogen) atoms. The van der Waals surface area contributed by atoms with Crippen LogP contribution in [0.15, 0.2) is 24.3 Å². The molecule has 0 saturated carbocycles. The molecule has 3 N–H and O–H groups in total. The Hall–Kier alpha value is -1.28. The van der Waals surface area contributed by atoms with Crippen LogP contribution in [-0.4, -0.2) is 11.5 Å². The molecule has 0 aliphatic heterocycles. The van der Waals surface area contributed by atoms with Gasteiger partial charge in [-0.1, -0.05) is 38.5 Å². The lowest BCUT2D eigenvalue weighted by atomic mass is 9.83. The van der Waals surface area contributed by atoms with Crippen molar-refractivity contribution in [3.63, 3.8) is 0 Å². The molecule has 2 rings (SSSR count). The van der Waals surface area contributed by atoms with Crippen molar-refractivity contribution in [1.29, 1.82) is 0 Å². The fourth-order valence-corrected chi connectivity index (χ4v) is 3.10. The zero-order valence-corrected chi connectivity index (χ0v) is 12.4. The number of hydrogen-bond acceptors (Lipinski definition) is 1. The average Bonchev–Trinajstić information content (AvgIpc) is 2.71. The first-order valence-corrected chi connectivity index (χ1v) is 7.42. The van der Waals surface area contributed by atoms with Crippen molar-refractivity contribution in [3.8, 4) is 0 Å². The standard InChI is InChI=1S/C17H26N2/c1-12(2)14(8-6-7-11-18)17-13(3)19-16-10-5-4-9-15(16)17/h4-5,9-10,12,14,19H,6-8,11,18H2,1-3H3. The van der Waals surface area contributed by atoms with Crippen LogP contribution in [-0.2, 0) is 0 Å². The summed E-state index contributed by atoms with van der Waals surface area (Å²) in [4.78, 5) is 3.53. The van der Waals surface area contributed by atoms with Crippen LogP contribution in [0.1, 0.15) is 50.3 Å². The van der Waals surface area contributed by atoms with Gasteiger partial charge in [-0.25, -0.2) is 0 Å². The molecule has 0 amide bonds. The van der Waals surface area contributed by atoms with Crippen LogP contribution in [0.5, 0.6) is 0 Å². The third-order valence-electron chi connectivity index (χ3n) is 4.09. The van der Waals surface area contributed by atoms with Crippen molar-refractivity contribution in [2.24, 2.45) is 11.7 Å². The minimum atomic E-state index is 0.627. The number of fused-ring (bicyclic) bond motifs is 1. The Bertz CT molecular complexity index is 525. The summed E-state index contributed by atoms with van der Waals surface area (Å²) < 4.78 is 0. The second-order valence-electron chi connectivity index (χ2n) is 5.84.